The van der Waals surface area contributed by atoms with Crippen LogP contribution in [0.3, 0.4) is 0 Å². The SMILES string of the molecule is O=C(Nc1ccc2c(c1)OCCO2)c1sc(-c2ccccc2)nc1-c1ccccc1. The summed E-state index contributed by atoms with van der Waals surface area (Å²) in [7, 11) is 0. The van der Waals surface area contributed by atoms with Crippen LogP contribution in [0, 0.1) is 0 Å². The molecule has 0 radical (unpaired) electrons. The molecule has 1 N–H and O–H groups in total. The maximum absolute atomic E-state index is 13.2. The number of anilines is 1. The Morgan fingerprint density at radius 2 is 1.50 bits per heavy atom. The van der Waals surface area contributed by atoms with Gasteiger partial charge in [-0.15, -0.1) is 11.3 Å². The Kier molecular flexibility index (Phi) is 4.91. The minimum absolute atomic E-state index is 0.204. The molecule has 30 heavy (non-hydrogen) atoms. The number of hydrogen-bond donors (Lipinski definition) is 1. The second kappa shape index (κ2) is 8.00. The van der Waals surface area contributed by atoms with E-state index in [2.05, 4.69) is 5.32 Å². The number of nitrogens with one attached hydrogen (secondary N) is 1. The summed E-state index contributed by atoms with van der Waals surface area (Å²) in [5, 5.41) is 3.79. The van der Waals surface area contributed by atoms with Crippen molar-refractivity contribution in [3.63, 3.8) is 0 Å². The van der Waals surface area contributed by atoms with Crippen LogP contribution in [-0.4, -0.2) is 24.1 Å². The van der Waals surface area contributed by atoms with Crippen molar-refractivity contribution in [2.24, 2.45) is 0 Å². The van der Waals surface area contributed by atoms with E-state index in [1.807, 2.05) is 72.8 Å². The van der Waals surface area contributed by atoms with E-state index in [1.165, 1.54) is 11.3 Å². The number of hydrogen-bond acceptors (Lipinski definition) is 5. The largest absolute Gasteiger partial charge is 0.486 e. The fourth-order valence-corrected chi connectivity index (χ4v) is 4.27. The summed E-state index contributed by atoms with van der Waals surface area (Å²) in [6, 6.07) is 25.1. The second-order valence-electron chi connectivity index (χ2n) is 6.74. The highest BCUT2D eigenvalue weighted by Crippen LogP contribution is 2.36. The summed E-state index contributed by atoms with van der Waals surface area (Å²) >= 11 is 1.38. The van der Waals surface area contributed by atoms with Gasteiger partial charge in [0.15, 0.2) is 11.5 Å². The van der Waals surface area contributed by atoms with Crippen molar-refractivity contribution in [1.82, 2.24) is 4.98 Å². The number of nitrogens with zero attached hydrogens (tertiary/aromatic N) is 1. The van der Waals surface area contributed by atoms with Gasteiger partial charge in [-0.1, -0.05) is 60.7 Å². The molecular weight excluding hydrogens is 396 g/mol. The number of rotatable bonds is 4. The Hall–Kier alpha value is -3.64. The van der Waals surface area contributed by atoms with Crippen LogP contribution >= 0.6 is 11.3 Å². The molecule has 4 aromatic rings. The summed E-state index contributed by atoms with van der Waals surface area (Å²) in [6.45, 7) is 1.03. The summed E-state index contributed by atoms with van der Waals surface area (Å²) < 4.78 is 11.2. The average molecular weight is 414 g/mol. The van der Waals surface area contributed by atoms with Crippen molar-refractivity contribution in [2.45, 2.75) is 0 Å². The predicted molar refractivity (Wildman–Crippen MR) is 118 cm³/mol. The standard InChI is InChI=1S/C24H18N2O3S/c27-23(25-18-11-12-19-20(15-18)29-14-13-28-19)22-21(16-7-3-1-4-8-16)26-24(30-22)17-9-5-2-6-10-17/h1-12,15H,13-14H2,(H,25,27). The molecule has 0 atom stereocenters. The van der Waals surface area contributed by atoms with Gasteiger partial charge < -0.3 is 14.8 Å². The van der Waals surface area contributed by atoms with Crippen LogP contribution in [0.15, 0.2) is 78.9 Å². The van der Waals surface area contributed by atoms with Crippen LogP contribution in [0.25, 0.3) is 21.8 Å². The summed E-state index contributed by atoms with van der Waals surface area (Å²) in [5.74, 6) is 1.12. The molecule has 1 amide bonds. The third kappa shape index (κ3) is 3.65. The number of benzene rings is 3. The molecular formula is C24H18N2O3S. The van der Waals surface area contributed by atoms with Gasteiger partial charge in [-0.2, -0.15) is 0 Å². The topological polar surface area (TPSA) is 60.5 Å². The molecule has 0 saturated carbocycles. The molecule has 3 aromatic carbocycles. The first kappa shape index (κ1) is 18.4. The van der Waals surface area contributed by atoms with E-state index < -0.39 is 0 Å². The quantitative estimate of drug-likeness (QED) is 0.479. The zero-order valence-electron chi connectivity index (χ0n) is 16.0. The van der Waals surface area contributed by atoms with Gasteiger partial charge in [0, 0.05) is 22.9 Å². The lowest BCUT2D eigenvalue weighted by Crippen LogP contribution is -2.16. The molecule has 5 rings (SSSR count). The zero-order valence-corrected chi connectivity index (χ0v) is 16.8. The van der Waals surface area contributed by atoms with Crippen LogP contribution in [0.4, 0.5) is 5.69 Å². The molecule has 0 aliphatic carbocycles. The van der Waals surface area contributed by atoms with E-state index in [9.17, 15) is 4.79 Å². The van der Waals surface area contributed by atoms with Gasteiger partial charge in [-0.05, 0) is 12.1 Å². The maximum atomic E-state index is 13.2. The van der Waals surface area contributed by atoms with Crippen molar-refractivity contribution >= 4 is 22.9 Å². The Balaban J connectivity index is 1.51. The van der Waals surface area contributed by atoms with Gasteiger partial charge in [0.2, 0.25) is 0 Å². The van der Waals surface area contributed by atoms with Gasteiger partial charge >= 0.3 is 0 Å². The fraction of sp³-hybridized carbons (Fsp3) is 0.0833. The van der Waals surface area contributed by atoms with Crippen LogP contribution in [0.2, 0.25) is 0 Å². The molecule has 2 heterocycles. The monoisotopic (exact) mass is 414 g/mol. The van der Waals surface area contributed by atoms with Crippen LogP contribution in [0.5, 0.6) is 11.5 Å². The van der Waals surface area contributed by atoms with E-state index in [0.717, 1.165) is 16.1 Å². The average Bonchev–Trinajstić information content (AvgIpc) is 3.26. The number of ether oxygens (including phenoxy) is 2. The minimum Gasteiger partial charge on any atom is -0.486 e. The first-order valence-electron chi connectivity index (χ1n) is 9.60. The van der Waals surface area contributed by atoms with Crippen molar-refractivity contribution < 1.29 is 14.3 Å². The lowest BCUT2D eigenvalue weighted by atomic mass is 10.1. The van der Waals surface area contributed by atoms with Crippen molar-refractivity contribution in [2.75, 3.05) is 18.5 Å². The zero-order chi connectivity index (χ0) is 20.3. The molecule has 5 nitrogen and oxygen atoms in total. The highest BCUT2D eigenvalue weighted by molar-refractivity contribution is 7.17. The van der Waals surface area contributed by atoms with E-state index in [0.29, 0.717) is 41.0 Å². The number of amides is 1. The second-order valence-corrected chi connectivity index (χ2v) is 7.74. The lowest BCUT2D eigenvalue weighted by molar-refractivity contribution is 0.103. The van der Waals surface area contributed by atoms with Gasteiger partial charge in [0.05, 0.1) is 5.69 Å². The normalized spacial score (nSPS) is 12.4. The van der Waals surface area contributed by atoms with Crippen LogP contribution < -0.4 is 14.8 Å². The van der Waals surface area contributed by atoms with E-state index in [4.69, 9.17) is 14.5 Å². The molecule has 1 aliphatic rings. The van der Waals surface area contributed by atoms with Crippen molar-refractivity contribution in [3.05, 3.63) is 83.7 Å². The highest BCUT2D eigenvalue weighted by Gasteiger charge is 2.21. The fourth-order valence-electron chi connectivity index (χ4n) is 3.28. The van der Waals surface area contributed by atoms with Gasteiger partial charge in [0.1, 0.15) is 23.1 Å². The molecule has 6 heteroatoms. The Morgan fingerprint density at radius 3 is 2.23 bits per heavy atom. The maximum Gasteiger partial charge on any atom is 0.268 e. The van der Waals surface area contributed by atoms with E-state index >= 15 is 0 Å². The molecule has 148 valence electrons. The summed E-state index contributed by atoms with van der Waals surface area (Å²) in [4.78, 5) is 18.6. The summed E-state index contributed by atoms with van der Waals surface area (Å²) in [5.41, 5.74) is 3.22. The van der Waals surface area contributed by atoms with E-state index in [1.54, 1.807) is 6.07 Å². The molecule has 0 saturated heterocycles. The number of aromatic nitrogens is 1. The van der Waals surface area contributed by atoms with Crippen LogP contribution in [-0.2, 0) is 0 Å². The molecule has 0 bridgehead atoms. The molecule has 1 aliphatic heterocycles. The lowest BCUT2D eigenvalue weighted by Gasteiger charge is -2.19. The number of carbonyl (C=O) groups excluding carboxylic acids is 1. The Morgan fingerprint density at radius 1 is 0.833 bits per heavy atom. The molecule has 1 aromatic heterocycles. The number of thiazole rings is 1. The third-order valence-corrected chi connectivity index (χ3v) is 5.80. The van der Waals surface area contributed by atoms with Crippen LogP contribution in [0.1, 0.15) is 9.67 Å². The first-order chi connectivity index (χ1) is 14.8. The molecule has 0 fully saturated rings. The Bertz CT molecular complexity index is 1190. The third-order valence-electron chi connectivity index (χ3n) is 4.70. The molecule has 0 spiro atoms. The van der Waals surface area contributed by atoms with Crippen molar-refractivity contribution in [3.8, 4) is 33.3 Å². The van der Waals surface area contributed by atoms with Crippen molar-refractivity contribution in [1.29, 1.82) is 0 Å². The molecule has 0 unspecified atom stereocenters. The number of carbonyl (C=O) groups is 1. The number of fused-ring (bicyclic) bond motifs is 1. The highest BCUT2D eigenvalue weighted by atomic mass is 32.1. The van der Waals surface area contributed by atoms with E-state index in [-0.39, 0.29) is 5.91 Å². The predicted octanol–water partition coefficient (Wildman–Crippen LogP) is 5.50. The van der Waals surface area contributed by atoms with Gasteiger partial charge in [-0.3, -0.25) is 4.79 Å². The summed E-state index contributed by atoms with van der Waals surface area (Å²) in [6.07, 6.45) is 0. The first-order valence-corrected chi connectivity index (χ1v) is 10.4. The van der Waals surface area contributed by atoms with Gasteiger partial charge in [-0.25, -0.2) is 4.98 Å². The smallest absolute Gasteiger partial charge is 0.268 e. The Labute approximate surface area is 177 Å². The minimum atomic E-state index is -0.204. The van der Waals surface area contributed by atoms with Gasteiger partial charge in [0.25, 0.3) is 5.91 Å².